The number of aliphatic carboxylic acids is 1. The van der Waals surface area contributed by atoms with Crippen molar-refractivity contribution >= 4 is 11.9 Å². The Morgan fingerprint density at radius 2 is 1.19 bits per heavy atom. The van der Waals surface area contributed by atoms with Gasteiger partial charge in [0.15, 0.2) is 0 Å². The van der Waals surface area contributed by atoms with Crippen LogP contribution in [0.3, 0.4) is 0 Å². The normalized spacial score (nSPS) is 11.9. The maximum absolute atomic E-state index is 11.6. The first-order valence-corrected chi connectivity index (χ1v) is 13.1. The standard InChI is InChI=1S/C27H50O4/c1-3-5-6-7-8-9-10-11-12-13-14-15-16-17-18-19-20-21-22-25(27(29)30)24-26(28)31-23-4-2/h3,25H,1,4-24H2,2H3,(H,29,30). The van der Waals surface area contributed by atoms with E-state index < -0.39 is 11.9 Å². The Morgan fingerprint density at radius 1 is 0.774 bits per heavy atom. The SMILES string of the molecule is C=CCCCCCCCCCCCCCCCCCCC(CC(=O)OCCC)C(=O)O. The molecular weight excluding hydrogens is 388 g/mol. The molecule has 0 aliphatic carbocycles. The van der Waals surface area contributed by atoms with Gasteiger partial charge in [0.25, 0.3) is 0 Å². The van der Waals surface area contributed by atoms with E-state index >= 15 is 0 Å². The lowest BCUT2D eigenvalue weighted by molar-refractivity contribution is -0.151. The Kier molecular flexibility index (Phi) is 22.4. The Labute approximate surface area is 192 Å². The number of carbonyl (C=O) groups is 2. The van der Waals surface area contributed by atoms with Crippen LogP contribution in [0.15, 0.2) is 12.7 Å². The Hall–Kier alpha value is -1.32. The van der Waals surface area contributed by atoms with Gasteiger partial charge in [-0.3, -0.25) is 9.59 Å². The second-order valence-corrected chi connectivity index (χ2v) is 8.98. The first-order chi connectivity index (χ1) is 15.1. The predicted octanol–water partition coefficient (Wildman–Crippen LogP) is 8.24. The average molecular weight is 439 g/mol. The van der Waals surface area contributed by atoms with Crippen LogP contribution in [0.25, 0.3) is 0 Å². The Bertz CT molecular complexity index is 433. The first kappa shape index (κ1) is 29.7. The number of hydrogen-bond acceptors (Lipinski definition) is 3. The quantitative estimate of drug-likeness (QED) is 0.0936. The number of carboxylic acid groups (broad SMARTS) is 1. The molecule has 4 nitrogen and oxygen atoms in total. The summed E-state index contributed by atoms with van der Waals surface area (Å²) in [6.45, 7) is 6.07. The van der Waals surface area contributed by atoms with E-state index in [2.05, 4.69) is 6.58 Å². The predicted molar refractivity (Wildman–Crippen MR) is 130 cm³/mol. The second-order valence-electron chi connectivity index (χ2n) is 8.98. The van der Waals surface area contributed by atoms with E-state index in [1.807, 2.05) is 13.0 Å². The van der Waals surface area contributed by atoms with Gasteiger partial charge in [0.2, 0.25) is 0 Å². The summed E-state index contributed by atoms with van der Waals surface area (Å²) in [6.07, 6.45) is 25.2. The number of carbonyl (C=O) groups excluding carboxylic acids is 1. The van der Waals surface area contributed by atoms with Gasteiger partial charge in [-0.05, 0) is 25.7 Å². The summed E-state index contributed by atoms with van der Waals surface area (Å²) in [5.74, 6) is -1.85. The minimum atomic E-state index is -0.878. The summed E-state index contributed by atoms with van der Waals surface area (Å²) >= 11 is 0. The van der Waals surface area contributed by atoms with Crippen molar-refractivity contribution < 1.29 is 19.4 Å². The fourth-order valence-electron chi connectivity index (χ4n) is 3.94. The zero-order valence-corrected chi connectivity index (χ0v) is 20.4. The molecule has 0 rings (SSSR count). The second kappa shape index (κ2) is 23.3. The van der Waals surface area contributed by atoms with Crippen LogP contribution in [-0.4, -0.2) is 23.7 Å². The molecule has 1 unspecified atom stereocenters. The molecule has 0 saturated carbocycles. The summed E-state index contributed by atoms with van der Waals surface area (Å²) in [5.41, 5.74) is 0. The molecule has 0 radical (unpaired) electrons. The molecule has 0 fully saturated rings. The molecule has 4 heteroatoms. The van der Waals surface area contributed by atoms with Crippen molar-refractivity contribution in [2.24, 2.45) is 5.92 Å². The number of allylic oxidation sites excluding steroid dienone is 1. The largest absolute Gasteiger partial charge is 0.481 e. The lowest BCUT2D eigenvalue weighted by atomic mass is 9.97. The van der Waals surface area contributed by atoms with E-state index in [1.54, 1.807) is 0 Å². The topological polar surface area (TPSA) is 63.6 Å². The van der Waals surface area contributed by atoms with E-state index in [1.165, 1.54) is 96.3 Å². The number of unbranched alkanes of at least 4 members (excludes halogenated alkanes) is 16. The van der Waals surface area contributed by atoms with Gasteiger partial charge in [-0.25, -0.2) is 0 Å². The van der Waals surface area contributed by atoms with E-state index in [0.717, 1.165) is 19.3 Å². The van der Waals surface area contributed by atoms with Gasteiger partial charge in [-0.1, -0.05) is 109 Å². The van der Waals surface area contributed by atoms with Crippen molar-refractivity contribution in [1.29, 1.82) is 0 Å². The van der Waals surface area contributed by atoms with E-state index in [4.69, 9.17) is 4.74 Å². The fourth-order valence-corrected chi connectivity index (χ4v) is 3.94. The monoisotopic (exact) mass is 438 g/mol. The van der Waals surface area contributed by atoms with Crippen molar-refractivity contribution in [3.63, 3.8) is 0 Å². The number of carboxylic acids is 1. The van der Waals surface area contributed by atoms with Crippen LogP contribution in [0.1, 0.15) is 135 Å². The molecule has 31 heavy (non-hydrogen) atoms. The summed E-state index contributed by atoms with van der Waals surface area (Å²) < 4.78 is 5.01. The van der Waals surface area contributed by atoms with Crippen molar-refractivity contribution in [2.75, 3.05) is 6.61 Å². The van der Waals surface area contributed by atoms with E-state index in [9.17, 15) is 14.7 Å². The molecule has 0 bridgehead atoms. The molecule has 0 spiro atoms. The third-order valence-corrected chi connectivity index (χ3v) is 5.94. The molecule has 0 aromatic carbocycles. The molecular formula is C27H50O4. The summed E-state index contributed by atoms with van der Waals surface area (Å²) in [4.78, 5) is 22.9. The maximum Gasteiger partial charge on any atom is 0.307 e. The van der Waals surface area contributed by atoms with Crippen LogP contribution in [0.4, 0.5) is 0 Å². The lowest BCUT2D eigenvalue weighted by Crippen LogP contribution is -2.19. The van der Waals surface area contributed by atoms with Crippen molar-refractivity contribution in [3.8, 4) is 0 Å². The van der Waals surface area contributed by atoms with Gasteiger partial charge in [-0.15, -0.1) is 6.58 Å². The van der Waals surface area contributed by atoms with E-state index in [0.29, 0.717) is 13.0 Å². The molecule has 0 aromatic rings. The molecule has 0 heterocycles. The molecule has 182 valence electrons. The summed E-state index contributed by atoms with van der Waals surface area (Å²) in [5, 5.41) is 9.28. The van der Waals surface area contributed by atoms with Crippen molar-refractivity contribution in [3.05, 3.63) is 12.7 Å². The number of ether oxygens (including phenoxy) is 1. The van der Waals surface area contributed by atoms with Crippen LogP contribution in [0, 0.1) is 5.92 Å². The average Bonchev–Trinajstić information content (AvgIpc) is 2.75. The molecule has 0 saturated heterocycles. The highest BCUT2D eigenvalue weighted by Crippen LogP contribution is 2.18. The molecule has 1 atom stereocenters. The first-order valence-electron chi connectivity index (χ1n) is 13.1. The minimum Gasteiger partial charge on any atom is -0.481 e. The van der Waals surface area contributed by atoms with Crippen molar-refractivity contribution in [2.45, 2.75) is 135 Å². The molecule has 0 aromatic heterocycles. The molecule has 0 aliphatic heterocycles. The van der Waals surface area contributed by atoms with Crippen LogP contribution in [0.5, 0.6) is 0 Å². The Morgan fingerprint density at radius 3 is 1.58 bits per heavy atom. The van der Waals surface area contributed by atoms with Gasteiger partial charge in [0.1, 0.15) is 0 Å². The highest BCUT2D eigenvalue weighted by atomic mass is 16.5. The van der Waals surface area contributed by atoms with Crippen molar-refractivity contribution in [1.82, 2.24) is 0 Å². The number of hydrogen-bond donors (Lipinski definition) is 1. The number of esters is 1. The smallest absolute Gasteiger partial charge is 0.307 e. The van der Waals surface area contributed by atoms with Gasteiger partial charge >= 0.3 is 11.9 Å². The molecule has 0 amide bonds. The lowest BCUT2D eigenvalue weighted by Gasteiger charge is -2.11. The fraction of sp³-hybridized carbons (Fsp3) is 0.852. The highest BCUT2D eigenvalue weighted by molar-refractivity contribution is 5.78. The minimum absolute atomic E-state index is 0.00503. The summed E-state index contributed by atoms with van der Waals surface area (Å²) in [7, 11) is 0. The molecule has 0 aliphatic rings. The van der Waals surface area contributed by atoms with E-state index in [-0.39, 0.29) is 12.4 Å². The van der Waals surface area contributed by atoms with Gasteiger partial charge in [-0.2, -0.15) is 0 Å². The van der Waals surface area contributed by atoms with Crippen LogP contribution in [-0.2, 0) is 14.3 Å². The third kappa shape index (κ3) is 21.7. The number of rotatable bonds is 24. The van der Waals surface area contributed by atoms with Gasteiger partial charge in [0.05, 0.1) is 18.9 Å². The zero-order chi connectivity index (χ0) is 23.0. The zero-order valence-electron chi connectivity index (χ0n) is 20.4. The van der Waals surface area contributed by atoms with Crippen LogP contribution in [0.2, 0.25) is 0 Å². The maximum atomic E-state index is 11.6. The summed E-state index contributed by atoms with van der Waals surface area (Å²) in [6, 6.07) is 0. The van der Waals surface area contributed by atoms with Crippen LogP contribution >= 0.6 is 0 Å². The third-order valence-electron chi connectivity index (χ3n) is 5.94. The Balaban J connectivity index is 3.38. The van der Waals surface area contributed by atoms with Gasteiger partial charge < -0.3 is 9.84 Å². The molecule has 1 N–H and O–H groups in total. The van der Waals surface area contributed by atoms with Crippen LogP contribution < -0.4 is 0 Å². The van der Waals surface area contributed by atoms with Gasteiger partial charge in [0, 0.05) is 0 Å². The highest BCUT2D eigenvalue weighted by Gasteiger charge is 2.21.